The third-order valence-corrected chi connectivity index (χ3v) is 6.99. The molecule has 2 heteroatoms. The first-order chi connectivity index (χ1) is 7.11. The molecular formula is C13H24OSi. The van der Waals surface area contributed by atoms with Crippen LogP contribution in [0, 0.1) is 17.8 Å². The summed E-state index contributed by atoms with van der Waals surface area (Å²) in [4.78, 5) is 0. The average molecular weight is 224 g/mol. The van der Waals surface area contributed by atoms with Gasteiger partial charge in [-0.25, -0.2) is 0 Å². The van der Waals surface area contributed by atoms with Crippen LogP contribution in [0.5, 0.6) is 0 Å². The minimum atomic E-state index is -1.29. The fraction of sp³-hybridized carbons (Fsp3) is 0.846. The van der Waals surface area contributed by atoms with Gasteiger partial charge in [0, 0.05) is 7.11 Å². The van der Waals surface area contributed by atoms with E-state index in [1.807, 2.05) is 7.11 Å². The molecule has 0 aromatic heterocycles. The summed E-state index contributed by atoms with van der Waals surface area (Å²) in [7, 11) is 0.593. The Kier molecular flexibility index (Phi) is 3.36. The molecule has 1 nitrogen and oxygen atoms in total. The van der Waals surface area contributed by atoms with E-state index in [9.17, 15) is 0 Å². The molecule has 2 aliphatic carbocycles. The van der Waals surface area contributed by atoms with E-state index >= 15 is 0 Å². The van der Waals surface area contributed by atoms with Crippen molar-refractivity contribution in [2.24, 2.45) is 17.8 Å². The molecule has 1 saturated carbocycles. The quantitative estimate of drug-likeness (QED) is 0.509. The number of hydrogen-bond donors (Lipinski definition) is 0. The first kappa shape index (κ1) is 11.4. The molecule has 0 saturated heterocycles. The zero-order chi connectivity index (χ0) is 10.9. The molecule has 0 aromatic rings. The molecule has 0 amide bonds. The van der Waals surface area contributed by atoms with Gasteiger partial charge in [-0.15, -0.1) is 0 Å². The van der Waals surface area contributed by atoms with Gasteiger partial charge in [0.15, 0.2) is 8.32 Å². The Labute approximate surface area is 95.0 Å². The average Bonchev–Trinajstić information content (AvgIpc) is 2.79. The highest BCUT2D eigenvalue weighted by Gasteiger charge is 2.35. The zero-order valence-corrected chi connectivity index (χ0v) is 11.3. The van der Waals surface area contributed by atoms with E-state index in [0.717, 1.165) is 17.8 Å². The molecule has 3 atom stereocenters. The van der Waals surface area contributed by atoms with E-state index in [1.165, 1.54) is 31.7 Å². The Morgan fingerprint density at radius 1 is 1.27 bits per heavy atom. The molecule has 3 unspecified atom stereocenters. The highest BCUT2D eigenvalue weighted by Crippen LogP contribution is 2.45. The summed E-state index contributed by atoms with van der Waals surface area (Å²) < 4.78 is 5.59. The second-order valence-electron chi connectivity index (χ2n) is 5.90. The Bertz CT molecular complexity index is 247. The van der Waals surface area contributed by atoms with Gasteiger partial charge in [-0.05, 0) is 49.7 Å². The first-order valence-corrected chi connectivity index (χ1v) is 9.46. The summed E-state index contributed by atoms with van der Waals surface area (Å²) >= 11 is 0. The van der Waals surface area contributed by atoms with Gasteiger partial charge in [-0.3, -0.25) is 0 Å². The third-order valence-electron chi connectivity index (χ3n) is 4.32. The second-order valence-corrected chi connectivity index (χ2v) is 10.3. The molecule has 0 heterocycles. The lowest BCUT2D eigenvalue weighted by atomic mass is 9.90. The Morgan fingerprint density at radius 3 is 2.60 bits per heavy atom. The third kappa shape index (κ3) is 2.73. The maximum Gasteiger partial charge on any atom is 0.186 e. The lowest BCUT2D eigenvalue weighted by Crippen LogP contribution is -2.28. The van der Waals surface area contributed by atoms with Crippen molar-refractivity contribution in [1.29, 1.82) is 0 Å². The van der Waals surface area contributed by atoms with E-state index in [-0.39, 0.29) is 0 Å². The van der Waals surface area contributed by atoms with Crippen LogP contribution in [0.1, 0.15) is 25.7 Å². The summed E-state index contributed by atoms with van der Waals surface area (Å²) in [5.74, 6) is 2.87. The molecule has 2 bridgehead atoms. The van der Waals surface area contributed by atoms with Crippen molar-refractivity contribution in [3.63, 3.8) is 0 Å². The minimum absolute atomic E-state index is 0.933. The normalized spacial score (nSPS) is 33.9. The van der Waals surface area contributed by atoms with Gasteiger partial charge in [0.2, 0.25) is 0 Å². The van der Waals surface area contributed by atoms with Crippen molar-refractivity contribution in [2.45, 2.75) is 44.8 Å². The highest BCUT2D eigenvalue weighted by molar-refractivity contribution is 6.71. The topological polar surface area (TPSA) is 9.23 Å². The van der Waals surface area contributed by atoms with E-state index in [0.29, 0.717) is 0 Å². The van der Waals surface area contributed by atoms with Gasteiger partial charge in [0.1, 0.15) is 0 Å². The van der Waals surface area contributed by atoms with Crippen molar-refractivity contribution in [2.75, 3.05) is 7.11 Å². The molecular weight excluding hydrogens is 200 g/mol. The van der Waals surface area contributed by atoms with Gasteiger partial charge in [-0.1, -0.05) is 25.0 Å². The molecule has 2 rings (SSSR count). The van der Waals surface area contributed by atoms with Gasteiger partial charge in [0.05, 0.1) is 0 Å². The van der Waals surface area contributed by atoms with E-state index in [2.05, 4.69) is 25.2 Å². The van der Waals surface area contributed by atoms with Crippen molar-refractivity contribution in [1.82, 2.24) is 0 Å². The van der Waals surface area contributed by atoms with Crippen molar-refractivity contribution >= 4 is 8.32 Å². The van der Waals surface area contributed by atoms with Gasteiger partial charge >= 0.3 is 0 Å². The van der Waals surface area contributed by atoms with E-state index < -0.39 is 8.32 Å². The molecule has 15 heavy (non-hydrogen) atoms. The monoisotopic (exact) mass is 224 g/mol. The van der Waals surface area contributed by atoms with Crippen molar-refractivity contribution in [3.05, 3.63) is 12.2 Å². The maximum atomic E-state index is 5.59. The standard InChI is InChI=1S/C13H24OSi/c1-14-15(2,3)8-4-5-12-9-11-6-7-13(12)10-11/h6-7,11-13H,4-5,8-10H2,1-3H3. The Balaban J connectivity index is 1.69. The lowest BCUT2D eigenvalue weighted by molar-refractivity contribution is 0.384. The fourth-order valence-electron chi connectivity index (χ4n) is 3.12. The van der Waals surface area contributed by atoms with Crippen LogP contribution in [-0.4, -0.2) is 15.4 Å². The Morgan fingerprint density at radius 2 is 2.07 bits per heavy atom. The summed E-state index contributed by atoms with van der Waals surface area (Å²) in [5.41, 5.74) is 0. The summed E-state index contributed by atoms with van der Waals surface area (Å²) in [6, 6.07) is 1.33. The van der Waals surface area contributed by atoms with Crippen LogP contribution in [0.4, 0.5) is 0 Å². The predicted octanol–water partition coefficient (Wildman–Crippen LogP) is 3.83. The van der Waals surface area contributed by atoms with Gasteiger partial charge in [-0.2, -0.15) is 0 Å². The van der Waals surface area contributed by atoms with Crippen LogP contribution in [0.25, 0.3) is 0 Å². The van der Waals surface area contributed by atoms with Gasteiger partial charge < -0.3 is 4.43 Å². The molecule has 0 aliphatic heterocycles. The van der Waals surface area contributed by atoms with Gasteiger partial charge in [0.25, 0.3) is 0 Å². The lowest BCUT2D eigenvalue weighted by Gasteiger charge is -2.22. The molecule has 86 valence electrons. The SMILES string of the molecule is CO[Si](C)(C)CCCC1CC2C=CC1C2. The maximum absolute atomic E-state index is 5.59. The largest absolute Gasteiger partial charge is 0.420 e. The summed E-state index contributed by atoms with van der Waals surface area (Å²) in [5, 5.41) is 0. The van der Waals surface area contributed by atoms with Crippen LogP contribution in [0.3, 0.4) is 0 Å². The van der Waals surface area contributed by atoms with Crippen molar-refractivity contribution < 1.29 is 4.43 Å². The van der Waals surface area contributed by atoms with Crippen LogP contribution in [0.2, 0.25) is 19.1 Å². The van der Waals surface area contributed by atoms with E-state index in [1.54, 1.807) is 0 Å². The molecule has 2 aliphatic rings. The number of allylic oxidation sites excluding steroid dienone is 2. The fourth-order valence-corrected chi connectivity index (χ4v) is 4.38. The highest BCUT2D eigenvalue weighted by atomic mass is 28.4. The molecule has 0 aromatic carbocycles. The van der Waals surface area contributed by atoms with Crippen LogP contribution < -0.4 is 0 Å². The van der Waals surface area contributed by atoms with E-state index in [4.69, 9.17) is 4.43 Å². The Hall–Kier alpha value is -0.0831. The van der Waals surface area contributed by atoms with Crippen LogP contribution in [0.15, 0.2) is 12.2 Å². The molecule has 1 fully saturated rings. The first-order valence-electron chi connectivity index (χ1n) is 6.34. The second kappa shape index (κ2) is 4.42. The molecule has 0 N–H and O–H groups in total. The molecule has 0 spiro atoms. The zero-order valence-electron chi connectivity index (χ0n) is 10.3. The van der Waals surface area contributed by atoms with Crippen LogP contribution >= 0.6 is 0 Å². The number of rotatable bonds is 5. The minimum Gasteiger partial charge on any atom is -0.420 e. The summed E-state index contributed by atoms with van der Waals surface area (Å²) in [6.07, 6.45) is 10.7. The van der Waals surface area contributed by atoms with Crippen LogP contribution in [-0.2, 0) is 4.43 Å². The summed E-state index contributed by atoms with van der Waals surface area (Å²) in [6.45, 7) is 4.65. The number of hydrogen-bond acceptors (Lipinski definition) is 1. The van der Waals surface area contributed by atoms with Crippen molar-refractivity contribution in [3.8, 4) is 0 Å². The number of fused-ring (bicyclic) bond motifs is 2. The molecule has 0 radical (unpaired) electrons. The predicted molar refractivity (Wildman–Crippen MR) is 67.4 cm³/mol. The smallest absolute Gasteiger partial charge is 0.186 e.